The maximum atomic E-state index is 11.0. The summed E-state index contributed by atoms with van der Waals surface area (Å²) >= 11 is 0. The van der Waals surface area contributed by atoms with E-state index in [4.69, 9.17) is 9.84 Å². The van der Waals surface area contributed by atoms with Crippen molar-refractivity contribution < 1.29 is 14.6 Å². The molecule has 12 heavy (non-hydrogen) atoms. The summed E-state index contributed by atoms with van der Waals surface area (Å²) in [6.45, 7) is 2.03. The highest BCUT2D eigenvalue weighted by atomic mass is 16.6. The summed E-state index contributed by atoms with van der Waals surface area (Å²) in [4.78, 5) is 11.0. The van der Waals surface area contributed by atoms with Crippen molar-refractivity contribution in [3.8, 4) is 0 Å². The van der Waals surface area contributed by atoms with Gasteiger partial charge in [-0.25, -0.2) is 0 Å². The minimum Gasteiger partial charge on any atom is -0.461 e. The van der Waals surface area contributed by atoms with Gasteiger partial charge >= 0.3 is 5.97 Å². The maximum absolute atomic E-state index is 11.0. The number of carbonyl (C=O) groups is 1. The van der Waals surface area contributed by atoms with Gasteiger partial charge in [0.05, 0.1) is 13.0 Å². The van der Waals surface area contributed by atoms with Gasteiger partial charge in [0.15, 0.2) is 0 Å². The number of fused-ring (bicyclic) bond motifs is 1. The summed E-state index contributed by atoms with van der Waals surface area (Å²) in [7, 11) is 0. The highest BCUT2D eigenvalue weighted by Crippen LogP contribution is 2.47. The van der Waals surface area contributed by atoms with Crippen LogP contribution in [0.5, 0.6) is 0 Å². The lowest BCUT2D eigenvalue weighted by Gasteiger charge is -2.23. The van der Waals surface area contributed by atoms with Crippen LogP contribution in [-0.2, 0) is 9.53 Å². The third-order valence-electron chi connectivity index (χ3n) is 2.98. The molecule has 1 saturated heterocycles. The molecule has 2 unspecified atom stereocenters. The Bertz CT molecular complexity index is 256. The van der Waals surface area contributed by atoms with E-state index in [2.05, 4.69) is 0 Å². The lowest BCUT2D eigenvalue weighted by molar-refractivity contribution is -0.141. The molecular formula is C9H12O3. The Hall–Kier alpha value is -0.830. The molecule has 2 rings (SSSR count). The Morgan fingerprint density at radius 2 is 2.58 bits per heavy atom. The molecule has 1 fully saturated rings. The van der Waals surface area contributed by atoms with Crippen LogP contribution >= 0.6 is 0 Å². The topological polar surface area (TPSA) is 46.5 Å². The highest BCUT2D eigenvalue weighted by Gasteiger charge is 2.50. The van der Waals surface area contributed by atoms with Crippen LogP contribution in [0.2, 0.25) is 0 Å². The van der Waals surface area contributed by atoms with E-state index in [1.54, 1.807) is 0 Å². The Kier molecular flexibility index (Phi) is 1.51. The number of hydrogen-bond donors (Lipinski definition) is 1. The first-order valence-electron chi connectivity index (χ1n) is 4.16. The molecule has 0 aromatic heterocycles. The van der Waals surface area contributed by atoms with E-state index in [9.17, 15) is 4.79 Å². The zero-order chi connectivity index (χ0) is 8.77. The molecule has 2 aliphatic rings. The van der Waals surface area contributed by atoms with E-state index in [1.165, 1.54) is 0 Å². The number of rotatable bonds is 1. The average Bonchev–Trinajstić information content (AvgIpc) is 2.41. The number of esters is 1. The fourth-order valence-corrected chi connectivity index (χ4v) is 2.10. The molecule has 0 aromatic rings. The van der Waals surface area contributed by atoms with E-state index in [0.717, 1.165) is 12.0 Å². The average molecular weight is 168 g/mol. The minimum atomic E-state index is -0.216. The number of carbonyl (C=O) groups excluding carboxylic acids is 1. The molecule has 3 heteroatoms. The summed E-state index contributed by atoms with van der Waals surface area (Å²) in [6, 6.07) is 0. The van der Waals surface area contributed by atoms with Crippen molar-refractivity contribution in [1.29, 1.82) is 0 Å². The van der Waals surface area contributed by atoms with Crippen molar-refractivity contribution >= 4 is 5.97 Å². The van der Waals surface area contributed by atoms with Gasteiger partial charge in [0.1, 0.15) is 6.10 Å². The zero-order valence-electron chi connectivity index (χ0n) is 7.04. The van der Waals surface area contributed by atoms with Crippen LogP contribution in [0.4, 0.5) is 0 Å². The molecule has 1 aliphatic heterocycles. The van der Waals surface area contributed by atoms with Gasteiger partial charge in [-0.3, -0.25) is 4.79 Å². The van der Waals surface area contributed by atoms with Crippen molar-refractivity contribution in [2.45, 2.75) is 25.9 Å². The molecule has 0 saturated carbocycles. The van der Waals surface area contributed by atoms with Crippen molar-refractivity contribution in [1.82, 2.24) is 0 Å². The smallest absolute Gasteiger partial charge is 0.307 e. The first-order valence-corrected chi connectivity index (χ1v) is 4.16. The normalized spacial score (nSPS) is 39.3. The van der Waals surface area contributed by atoms with E-state index in [-0.39, 0.29) is 24.1 Å². The molecule has 0 radical (unpaired) electrons. The third-order valence-corrected chi connectivity index (χ3v) is 2.98. The minimum absolute atomic E-state index is 0.0212. The Morgan fingerprint density at radius 3 is 3.25 bits per heavy atom. The molecule has 1 aliphatic carbocycles. The standard InChI is InChI=1S/C9H12O3/c1-9-4-8(11)12-7(9)3-2-6(9)5-10/h2,7,10H,3-5H2,1H3. The monoisotopic (exact) mass is 168 g/mol. The first kappa shape index (κ1) is 7.80. The maximum Gasteiger partial charge on any atom is 0.307 e. The number of ether oxygens (including phenoxy) is 1. The largest absolute Gasteiger partial charge is 0.461 e. The van der Waals surface area contributed by atoms with Gasteiger partial charge in [-0.1, -0.05) is 13.0 Å². The van der Waals surface area contributed by atoms with E-state index < -0.39 is 0 Å². The van der Waals surface area contributed by atoms with Gasteiger partial charge in [-0.2, -0.15) is 0 Å². The van der Waals surface area contributed by atoms with E-state index >= 15 is 0 Å². The quantitative estimate of drug-likeness (QED) is 0.461. The molecule has 1 heterocycles. The van der Waals surface area contributed by atoms with Crippen molar-refractivity contribution in [2.75, 3.05) is 6.61 Å². The van der Waals surface area contributed by atoms with Crippen LogP contribution in [0.15, 0.2) is 11.6 Å². The molecule has 0 aromatic carbocycles. The van der Waals surface area contributed by atoms with Gasteiger partial charge in [-0.05, 0) is 5.57 Å². The van der Waals surface area contributed by atoms with Gasteiger partial charge in [0, 0.05) is 11.8 Å². The van der Waals surface area contributed by atoms with Crippen LogP contribution in [0.25, 0.3) is 0 Å². The van der Waals surface area contributed by atoms with Gasteiger partial charge in [0.2, 0.25) is 0 Å². The number of hydrogen-bond acceptors (Lipinski definition) is 3. The Labute approximate surface area is 71.0 Å². The highest BCUT2D eigenvalue weighted by molar-refractivity contribution is 5.74. The molecule has 3 nitrogen and oxygen atoms in total. The molecule has 1 N–H and O–H groups in total. The molecule has 2 atom stereocenters. The van der Waals surface area contributed by atoms with Crippen molar-refractivity contribution in [3.63, 3.8) is 0 Å². The molecule has 0 spiro atoms. The van der Waals surface area contributed by atoms with Crippen LogP contribution in [0.3, 0.4) is 0 Å². The Balaban J connectivity index is 2.29. The number of aliphatic hydroxyl groups is 1. The summed E-state index contributed by atoms with van der Waals surface area (Å²) in [6.07, 6.45) is 3.14. The van der Waals surface area contributed by atoms with Crippen LogP contribution in [-0.4, -0.2) is 23.8 Å². The predicted octanol–water partition coefficient (Wildman–Crippen LogP) is 0.631. The molecular weight excluding hydrogens is 156 g/mol. The summed E-state index contributed by atoms with van der Waals surface area (Å²) in [5, 5.41) is 9.03. The van der Waals surface area contributed by atoms with Crippen LogP contribution in [0.1, 0.15) is 19.8 Å². The summed E-state index contributed by atoms with van der Waals surface area (Å²) < 4.78 is 5.12. The fourth-order valence-electron chi connectivity index (χ4n) is 2.10. The third kappa shape index (κ3) is 0.829. The van der Waals surface area contributed by atoms with Crippen LogP contribution < -0.4 is 0 Å². The molecule has 0 amide bonds. The SMILES string of the molecule is CC12CC(=O)OC1CC=C2CO. The zero-order valence-corrected chi connectivity index (χ0v) is 7.04. The van der Waals surface area contributed by atoms with E-state index in [1.807, 2.05) is 13.0 Å². The van der Waals surface area contributed by atoms with Gasteiger partial charge < -0.3 is 9.84 Å². The van der Waals surface area contributed by atoms with Crippen molar-refractivity contribution in [3.05, 3.63) is 11.6 Å². The number of aliphatic hydroxyl groups excluding tert-OH is 1. The summed E-state index contributed by atoms with van der Waals surface area (Å²) in [5.74, 6) is -0.137. The second-order valence-corrected chi connectivity index (χ2v) is 3.70. The second kappa shape index (κ2) is 2.33. The van der Waals surface area contributed by atoms with Gasteiger partial charge in [-0.15, -0.1) is 0 Å². The fraction of sp³-hybridized carbons (Fsp3) is 0.667. The first-order chi connectivity index (χ1) is 5.66. The molecule has 0 bridgehead atoms. The van der Waals surface area contributed by atoms with E-state index in [0.29, 0.717) is 6.42 Å². The predicted molar refractivity (Wildman–Crippen MR) is 42.4 cm³/mol. The second-order valence-electron chi connectivity index (χ2n) is 3.70. The van der Waals surface area contributed by atoms with Crippen molar-refractivity contribution in [2.24, 2.45) is 5.41 Å². The summed E-state index contributed by atoms with van der Waals surface area (Å²) in [5.41, 5.74) is 0.740. The molecule has 66 valence electrons. The van der Waals surface area contributed by atoms with Crippen LogP contribution in [0, 0.1) is 5.41 Å². The lowest BCUT2D eigenvalue weighted by atomic mass is 9.80. The van der Waals surface area contributed by atoms with Gasteiger partial charge in [0.25, 0.3) is 0 Å². The Morgan fingerprint density at radius 1 is 1.83 bits per heavy atom. The lowest BCUT2D eigenvalue weighted by Crippen LogP contribution is -2.25.